The maximum absolute atomic E-state index is 12.6. The van der Waals surface area contributed by atoms with E-state index in [-0.39, 0.29) is 6.61 Å². The smallest absolute Gasteiger partial charge is 0.249 e. The zero-order valence-corrected chi connectivity index (χ0v) is 47.7. The Morgan fingerprint density at radius 3 is 0.857 bits per heavy atom. The number of unbranched alkanes of at least 4 members (excludes halogenated alkanes) is 48. The van der Waals surface area contributed by atoms with Crippen LogP contribution in [0.2, 0.25) is 0 Å². The first-order valence-corrected chi connectivity index (χ1v) is 32.1. The summed E-state index contributed by atoms with van der Waals surface area (Å²) >= 11 is 0. The molecule has 0 spiro atoms. The molecule has 0 rings (SSSR count). The number of carbonyl (C=O) groups is 1. The van der Waals surface area contributed by atoms with E-state index in [1.54, 1.807) is 0 Å². The van der Waals surface area contributed by atoms with Gasteiger partial charge < -0.3 is 20.6 Å². The highest BCUT2D eigenvalue weighted by Gasteiger charge is 2.23. The molecule has 1 amide bonds. The van der Waals surface area contributed by atoms with Gasteiger partial charge in [0.15, 0.2) is 0 Å². The molecular weight excluding hydrogens is 859 g/mol. The summed E-state index contributed by atoms with van der Waals surface area (Å²) in [5.74, 6) is -0.464. The summed E-state index contributed by atoms with van der Waals surface area (Å²) in [6.45, 7) is 4.28. The molecule has 0 aromatic carbocycles. The van der Waals surface area contributed by atoms with Gasteiger partial charge in [-0.3, -0.25) is 4.79 Å². The third-order valence-electron chi connectivity index (χ3n) is 15.3. The average molecular weight is 987 g/mol. The van der Waals surface area contributed by atoms with Crippen LogP contribution in [0.5, 0.6) is 0 Å². The van der Waals surface area contributed by atoms with Gasteiger partial charge in [0.25, 0.3) is 0 Å². The molecule has 3 atom stereocenters. The summed E-state index contributed by atoms with van der Waals surface area (Å²) in [4.78, 5) is 12.6. The zero-order valence-electron chi connectivity index (χ0n) is 47.7. The predicted molar refractivity (Wildman–Crippen MR) is 310 cm³/mol. The Morgan fingerprint density at radius 2 is 0.586 bits per heavy atom. The van der Waals surface area contributed by atoms with Crippen molar-refractivity contribution in [1.82, 2.24) is 5.32 Å². The van der Waals surface area contributed by atoms with Gasteiger partial charge in [0.2, 0.25) is 5.91 Å². The van der Waals surface area contributed by atoms with E-state index in [0.29, 0.717) is 12.8 Å². The molecule has 5 nitrogen and oxygen atoms in total. The maximum Gasteiger partial charge on any atom is 0.249 e. The standard InChI is InChI=1S/C65H127NO4/c1-3-5-7-9-11-13-15-17-19-21-23-25-27-28-29-30-31-32-33-34-35-36-37-38-40-42-44-46-48-50-52-54-56-58-60-64(69)65(70)66-62(61-67)63(68)59-57-55-53-51-49-47-45-43-41-39-26-24-22-20-18-16-14-12-10-8-6-4-2/h27-28,30-31,62-64,67-69H,3-26,29,32-61H2,1-2H3,(H,66,70)/b28-27-,31-30-. The molecule has 0 aliphatic rings. The lowest BCUT2D eigenvalue weighted by atomic mass is 10.0. The van der Waals surface area contributed by atoms with Crippen LogP contribution in [0.15, 0.2) is 24.3 Å². The summed E-state index contributed by atoms with van der Waals surface area (Å²) < 4.78 is 0. The van der Waals surface area contributed by atoms with E-state index in [9.17, 15) is 20.1 Å². The van der Waals surface area contributed by atoms with E-state index >= 15 is 0 Å². The van der Waals surface area contributed by atoms with E-state index in [2.05, 4.69) is 43.5 Å². The summed E-state index contributed by atoms with van der Waals surface area (Å²) in [7, 11) is 0. The van der Waals surface area contributed by atoms with Crippen LogP contribution in [-0.2, 0) is 4.79 Å². The molecule has 0 radical (unpaired) electrons. The largest absolute Gasteiger partial charge is 0.394 e. The van der Waals surface area contributed by atoms with Gasteiger partial charge in [-0.15, -0.1) is 0 Å². The highest BCUT2D eigenvalue weighted by atomic mass is 16.3. The van der Waals surface area contributed by atoms with Crippen molar-refractivity contribution in [1.29, 1.82) is 0 Å². The highest BCUT2D eigenvalue weighted by Crippen LogP contribution is 2.19. The number of allylic oxidation sites excluding steroid dienone is 4. The Balaban J connectivity index is 3.48. The molecule has 70 heavy (non-hydrogen) atoms. The number of nitrogens with one attached hydrogen (secondary N) is 1. The van der Waals surface area contributed by atoms with Crippen LogP contribution >= 0.6 is 0 Å². The van der Waals surface area contributed by atoms with Gasteiger partial charge in [0.05, 0.1) is 18.8 Å². The second-order valence-electron chi connectivity index (χ2n) is 22.3. The molecule has 0 aliphatic heterocycles. The number of carbonyl (C=O) groups excluding carboxylic acids is 1. The maximum atomic E-state index is 12.6. The van der Waals surface area contributed by atoms with Gasteiger partial charge >= 0.3 is 0 Å². The van der Waals surface area contributed by atoms with Crippen molar-refractivity contribution in [2.24, 2.45) is 0 Å². The molecule has 0 fully saturated rings. The number of aliphatic hydroxyl groups excluding tert-OH is 3. The van der Waals surface area contributed by atoms with Crippen LogP contribution in [0, 0.1) is 0 Å². The third kappa shape index (κ3) is 54.6. The minimum atomic E-state index is -1.07. The van der Waals surface area contributed by atoms with Gasteiger partial charge in [-0.1, -0.05) is 340 Å². The van der Waals surface area contributed by atoms with E-state index in [0.717, 1.165) is 38.5 Å². The normalized spacial score (nSPS) is 13.3. The van der Waals surface area contributed by atoms with Crippen molar-refractivity contribution < 1.29 is 20.1 Å². The Kier molecular flexibility index (Phi) is 59.4. The van der Waals surface area contributed by atoms with Crippen LogP contribution < -0.4 is 5.32 Å². The van der Waals surface area contributed by atoms with Gasteiger partial charge in [-0.2, -0.15) is 0 Å². The minimum absolute atomic E-state index is 0.310. The van der Waals surface area contributed by atoms with Crippen molar-refractivity contribution in [2.45, 2.75) is 379 Å². The molecule has 0 aliphatic carbocycles. The van der Waals surface area contributed by atoms with Crippen molar-refractivity contribution in [3.05, 3.63) is 24.3 Å². The predicted octanol–water partition coefficient (Wildman–Crippen LogP) is 20.4. The number of aliphatic hydroxyl groups is 3. The van der Waals surface area contributed by atoms with E-state index in [4.69, 9.17) is 0 Å². The average Bonchev–Trinajstić information content (AvgIpc) is 3.36. The van der Waals surface area contributed by atoms with Crippen LogP contribution in [0.1, 0.15) is 361 Å². The summed E-state index contributed by atoms with van der Waals surface area (Å²) in [5, 5.41) is 33.7. The topological polar surface area (TPSA) is 89.8 Å². The fourth-order valence-electron chi connectivity index (χ4n) is 10.3. The van der Waals surface area contributed by atoms with Gasteiger partial charge in [-0.05, 0) is 44.9 Å². The van der Waals surface area contributed by atoms with Gasteiger partial charge in [0, 0.05) is 0 Å². The lowest BCUT2D eigenvalue weighted by Gasteiger charge is -2.23. The molecule has 0 bridgehead atoms. The van der Waals surface area contributed by atoms with Crippen LogP contribution in [0.4, 0.5) is 0 Å². The molecule has 0 aromatic rings. The van der Waals surface area contributed by atoms with Crippen molar-refractivity contribution in [2.75, 3.05) is 6.61 Å². The second-order valence-corrected chi connectivity index (χ2v) is 22.3. The van der Waals surface area contributed by atoms with Crippen LogP contribution in [-0.4, -0.2) is 46.1 Å². The minimum Gasteiger partial charge on any atom is -0.394 e. The molecule has 4 N–H and O–H groups in total. The zero-order chi connectivity index (χ0) is 50.7. The van der Waals surface area contributed by atoms with Crippen LogP contribution in [0.25, 0.3) is 0 Å². The molecule has 0 saturated carbocycles. The second kappa shape index (κ2) is 60.4. The molecule has 3 unspecified atom stereocenters. The van der Waals surface area contributed by atoms with Gasteiger partial charge in [-0.25, -0.2) is 0 Å². The lowest BCUT2D eigenvalue weighted by molar-refractivity contribution is -0.131. The Morgan fingerprint density at radius 1 is 0.343 bits per heavy atom. The van der Waals surface area contributed by atoms with E-state index < -0.39 is 24.2 Å². The fraction of sp³-hybridized carbons (Fsp3) is 0.923. The van der Waals surface area contributed by atoms with Crippen molar-refractivity contribution in [3.8, 4) is 0 Å². The number of rotatable bonds is 60. The van der Waals surface area contributed by atoms with E-state index in [1.165, 1.54) is 295 Å². The van der Waals surface area contributed by atoms with Gasteiger partial charge in [0.1, 0.15) is 6.10 Å². The monoisotopic (exact) mass is 986 g/mol. The highest BCUT2D eigenvalue weighted by molar-refractivity contribution is 5.80. The summed E-state index contributed by atoms with van der Waals surface area (Å²) in [6, 6.07) is -0.712. The SMILES string of the molecule is CCCCCCCCCCCCC/C=C\C/C=C\CCCCCCCCCCCCCCCCCCC(O)C(=O)NC(CO)C(O)CCCCCCCCCCCCCCCCCCCCCCCC. The first-order valence-electron chi connectivity index (χ1n) is 32.1. The van der Waals surface area contributed by atoms with E-state index in [1.807, 2.05) is 0 Å². The van der Waals surface area contributed by atoms with Crippen molar-refractivity contribution >= 4 is 5.91 Å². The van der Waals surface area contributed by atoms with Crippen molar-refractivity contribution in [3.63, 3.8) is 0 Å². The molecule has 0 heterocycles. The first-order chi connectivity index (χ1) is 34.6. The fourth-order valence-corrected chi connectivity index (χ4v) is 10.3. The summed E-state index contributed by atoms with van der Waals surface area (Å²) in [5.41, 5.74) is 0. The molecule has 0 saturated heterocycles. The number of hydrogen-bond acceptors (Lipinski definition) is 4. The molecular formula is C65H127NO4. The Hall–Kier alpha value is -1.17. The quantitative estimate of drug-likeness (QED) is 0.0361. The first kappa shape index (κ1) is 68.8. The number of amides is 1. The molecule has 0 aromatic heterocycles. The summed E-state index contributed by atoms with van der Waals surface area (Å²) in [6.07, 6.45) is 78.3. The molecule has 5 heteroatoms. The molecule has 416 valence electrons. The Bertz CT molecular complexity index is 1040. The third-order valence-corrected chi connectivity index (χ3v) is 15.3. The van der Waals surface area contributed by atoms with Crippen LogP contribution in [0.3, 0.4) is 0 Å². The number of hydrogen-bond donors (Lipinski definition) is 4. The Labute approximate surface area is 439 Å². The lowest BCUT2D eigenvalue weighted by Crippen LogP contribution is -2.49.